The summed E-state index contributed by atoms with van der Waals surface area (Å²) >= 11 is 1.59. The van der Waals surface area contributed by atoms with Gasteiger partial charge in [0.05, 0.1) is 6.54 Å². The van der Waals surface area contributed by atoms with Gasteiger partial charge in [0.25, 0.3) is 0 Å². The molecule has 1 aromatic rings. The molecule has 0 saturated carbocycles. The molecule has 0 aliphatic heterocycles. The highest BCUT2D eigenvalue weighted by Crippen LogP contribution is 2.10. The molecule has 15 heavy (non-hydrogen) atoms. The average Bonchev–Trinajstić information content (AvgIpc) is 2.63. The van der Waals surface area contributed by atoms with E-state index in [9.17, 15) is 4.79 Å². The molecule has 0 radical (unpaired) electrons. The molecule has 1 rings (SSSR count). The summed E-state index contributed by atoms with van der Waals surface area (Å²) < 4.78 is 0. The number of thiazole rings is 1. The van der Waals surface area contributed by atoms with Crippen LogP contribution in [0.2, 0.25) is 0 Å². The highest BCUT2D eigenvalue weighted by Gasteiger charge is 2.13. The third-order valence-corrected chi connectivity index (χ3v) is 3.40. The van der Waals surface area contributed by atoms with Crippen molar-refractivity contribution in [2.45, 2.75) is 40.2 Å². The van der Waals surface area contributed by atoms with Gasteiger partial charge in [-0.05, 0) is 19.8 Å². The van der Waals surface area contributed by atoms with Crippen molar-refractivity contribution in [1.29, 1.82) is 0 Å². The standard InChI is InChI=1S/C11H18N2OS/c1-4-9(5-2)11(14)12-6-10-13-8(3)7-15-10/h7,9H,4-6H2,1-3H3,(H,12,14). The first kappa shape index (κ1) is 12.2. The Balaban J connectivity index is 2.40. The van der Waals surface area contributed by atoms with Crippen LogP contribution >= 0.6 is 11.3 Å². The van der Waals surface area contributed by atoms with E-state index >= 15 is 0 Å². The second-order valence-electron chi connectivity index (χ2n) is 3.61. The van der Waals surface area contributed by atoms with Gasteiger partial charge in [-0.3, -0.25) is 4.79 Å². The van der Waals surface area contributed by atoms with Gasteiger partial charge in [0.1, 0.15) is 5.01 Å². The van der Waals surface area contributed by atoms with Gasteiger partial charge in [-0.1, -0.05) is 13.8 Å². The van der Waals surface area contributed by atoms with Crippen molar-refractivity contribution in [1.82, 2.24) is 10.3 Å². The zero-order valence-corrected chi connectivity index (χ0v) is 10.4. The predicted octanol–water partition coefficient (Wildman–Crippen LogP) is 2.50. The lowest BCUT2D eigenvalue weighted by Crippen LogP contribution is -2.29. The molecule has 0 saturated heterocycles. The third-order valence-electron chi connectivity index (χ3n) is 2.44. The summed E-state index contributed by atoms with van der Waals surface area (Å²) in [4.78, 5) is 15.9. The Morgan fingerprint density at radius 3 is 2.67 bits per heavy atom. The largest absolute Gasteiger partial charge is 0.349 e. The minimum atomic E-state index is 0.144. The lowest BCUT2D eigenvalue weighted by atomic mass is 10.0. The average molecular weight is 226 g/mol. The van der Waals surface area contributed by atoms with Crippen molar-refractivity contribution in [2.75, 3.05) is 0 Å². The summed E-state index contributed by atoms with van der Waals surface area (Å²) in [5.41, 5.74) is 1.02. The predicted molar refractivity (Wildman–Crippen MR) is 62.8 cm³/mol. The second kappa shape index (κ2) is 5.85. The summed E-state index contributed by atoms with van der Waals surface area (Å²) in [5, 5.41) is 5.90. The molecule has 0 fully saturated rings. The molecule has 0 aromatic carbocycles. The molecule has 0 spiro atoms. The summed E-state index contributed by atoms with van der Waals surface area (Å²) in [6.07, 6.45) is 1.80. The van der Waals surface area contributed by atoms with Crippen molar-refractivity contribution in [3.05, 3.63) is 16.1 Å². The van der Waals surface area contributed by atoms with E-state index in [1.165, 1.54) is 0 Å². The van der Waals surface area contributed by atoms with Crippen LogP contribution < -0.4 is 5.32 Å². The van der Waals surface area contributed by atoms with E-state index < -0.39 is 0 Å². The number of carbonyl (C=O) groups excluding carboxylic acids is 1. The topological polar surface area (TPSA) is 42.0 Å². The molecule has 0 atom stereocenters. The van der Waals surface area contributed by atoms with Gasteiger partial charge in [-0.2, -0.15) is 0 Å². The zero-order chi connectivity index (χ0) is 11.3. The number of amides is 1. The van der Waals surface area contributed by atoms with Gasteiger partial charge in [-0.15, -0.1) is 11.3 Å². The minimum Gasteiger partial charge on any atom is -0.349 e. The number of hydrogen-bond donors (Lipinski definition) is 1. The SMILES string of the molecule is CCC(CC)C(=O)NCc1nc(C)cs1. The third kappa shape index (κ3) is 3.63. The lowest BCUT2D eigenvalue weighted by Gasteiger charge is -2.11. The fraction of sp³-hybridized carbons (Fsp3) is 0.636. The summed E-state index contributed by atoms with van der Waals surface area (Å²) in [7, 11) is 0. The van der Waals surface area contributed by atoms with Crippen molar-refractivity contribution in [3.63, 3.8) is 0 Å². The first-order valence-electron chi connectivity index (χ1n) is 5.36. The molecule has 1 heterocycles. The number of hydrogen-bond acceptors (Lipinski definition) is 3. The first-order valence-corrected chi connectivity index (χ1v) is 6.24. The summed E-state index contributed by atoms with van der Waals surface area (Å²) in [5.74, 6) is 0.291. The van der Waals surface area contributed by atoms with E-state index in [2.05, 4.69) is 10.3 Å². The van der Waals surface area contributed by atoms with Crippen LogP contribution in [0.25, 0.3) is 0 Å². The normalized spacial score (nSPS) is 10.7. The Kier molecular flexibility index (Phi) is 4.75. The number of nitrogens with one attached hydrogen (secondary N) is 1. The van der Waals surface area contributed by atoms with Crippen LogP contribution in [0, 0.1) is 12.8 Å². The van der Waals surface area contributed by atoms with Crippen LogP contribution in [0.3, 0.4) is 0 Å². The molecule has 84 valence electrons. The number of rotatable bonds is 5. The number of nitrogens with zero attached hydrogens (tertiary/aromatic N) is 1. The minimum absolute atomic E-state index is 0.144. The Labute approximate surface area is 94.9 Å². The Hall–Kier alpha value is -0.900. The Morgan fingerprint density at radius 1 is 1.53 bits per heavy atom. The van der Waals surface area contributed by atoms with E-state index in [0.717, 1.165) is 23.5 Å². The fourth-order valence-corrected chi connectivity index (χ4v) is 2.16. The van der Waals surface area contributed by atoms with E-state index in [0.29, 0.717) is 6.54 Å². The van der Waals surface area contributed by atoms with Crippen LogP contribution in [-0.4, -0.2) is 10.9 Å². The van der Waals surface area contributed by atoms with E-state index in [1.54, 1.807) is 11.3 Å². The van der Waals surface area contributed by atoms with Crippen molar-refractivity contribution in [2.24, 2.45) is 5.92 Å². The van der Waals surface area contributed by atoms with E-state index in [-0.39, 0.29) is 11.8 Å². The van der Waals surface area contributed by atoms with Crippen LogP contribution in [0.5, 0.6) is 0 Å². The Morgan fingerprint density at radius 2 is 2.20 bits per heavy atom. The quantitative estimate of drug-likeness (QED) is 0.838. The van der Waals surface area contributed by atoms with Gasteiger partial charge in [-0.25, -0.2) is 4.98 Å². The van der Waals surface area contributed by atoms with Crippen LogP contribution in [0.4, 0.5) is 0 Å². The van der Waals surface area contributed by atoms with Gasteiger partial charge in [0.2, 0.25) is 5.91 Å². The maximum Gasteiger partial charge on any atom is 0.223 e. The van der Waals surface area contributed by atoms with E-state index in [4.69, 9.17) is 0 Å². The number of aromatic nitrogens is 1. The van der Waals surface area contributed by atoms with E-state index in [1.807, 2.05) is 26.2 Å². The summed E-state index contributed by atoms with van der Waals surface area (Å²) in [6.45, 7) is 6.61. The van der Waals surface area contributed by atoms with Crippen molar-refractivity contribution >= 4 is 17.2 Å². The molecule has 1 amide bonds. The second-order valence-corrected chi connectivity index (χ2v) is 4.56. The van der Waals surface area contributed by atoms with Crippen LogP contribution in [0.1, 0.15) is 37.4 Å². The molecule has 0 bridgehead atoms. The Bertz CT molecular complexity index is 318. The van der Waals surface area contributed by atoms with Gasteiger partial charge < -0.3 is 5.32 Å². The smallest absolute Gasteiger partial charge is 0.223 e. The molecule has 3 nitrogen and oxygen atoms in total. The molecule has 0 aliphatic carbocycles. The van der Waals surface area contributed by atoms with Crippen molar-refractivity contribution in [3.8, 4) is 0 Å². The summed E-state index contributed by atoms with van der Waals surface area (Å²) in [6, 6.07) is 0. The number of aryl methyl sites for hydroxylation is 1. The van der Waals surface area contributed by atoms with Gasteiger partial charge in [0.15, 0.2) is 0 Å². The molecular formula is C11H18N2OS. The maximum absolute atomic E-state index is 11.7. The number of carbonyl (C=O) groups is 1. The van der Waals surface area contributed by atoms with Gasteiger partial charge >= 0.3 is 0 Å². The van der Waals surface area contributed by atoms with Gasteiger partial charge in [0, 0.05) is 17.0 Å². The molecule has 1 N–H and O–H groups in total. The fourth-order valence-electron chi connectivity index (χ4n) is 1.45. The molecule has 0 unspecified atom stereocenters. The molecule has 0 aliphatic rings. The zero-order valence-electron chi connectivity index (χ0n) is 9.54. The highest BCUT2D eigenvalue weighted by molar-refractivity contribution is 7.09. The first-order chi connectivity index (χ1) is 7.17. The van der Waals surface area contributed by atoms with Crippen LogP contribution in [0.15, 0.2) is 5.38 Å². The molecule has 4 heteroatoms. The molecular weight excluding hydrogens is 208 g/mol. The monoisotopic (exact) mass is 226 g/mol. The lowest BCUT2D eigenvalue weighted by molar-refractivity contribution is -0.125. The molecule has 1 aromatic heterocycles. The highest BCUT2D eigenvalue weighted by atomic mass is 32.1. The van der Waals surface area contributed by atoms with Crippen LogP contribution in [-0.2, 0) is 11.3 Å². The maximum atomic E-state index is 11.7. The van der Waals surface area contributed by atoms with Crippen molar-refractivity contribution < 1.29 is 4.79 Å².